The van der Waals surface area contributed by atoms with Gasteiger partial charge in [-0.05, 0) is 107 Å². The zero-order chi connectivity index (χ0) is 106. The van der Waals surface area contributed by atoms with Crippen molar-refractivity contribution in [3.05, 3.63) is 270 Å². The largest absolute Gasteiger partial charge is 0.455 e. The molecule has 8 heterocycles. The number of carbonyl (C=O) groups is 6. The number of nitro groups is 3. The van der Waals surface area contributed by atoms with Gasteiger partial charge in [0.25, 0.3) is 0 Å². The number of benzene rings is 6. The minimum atomic E-state index is -0.696. The monoisotopic (exact) mass is 2080 g/mol. The van der Waals surface area contributed by atoms with Gasteiger partial charge in [-0.25, -0.2) is 14.4 Å². The van der Waals surface area contributed by atoms with Crippen molar-refractivity contribution in [2.45, 2.75) is 149 Å². The van der Waals surface area contributed by atoms with Crippen LogP contribution in [0.4, 0.5) is 0 Å². The molecule has 38 nitrogen and oxygen atoms in total. The molecular formula is C103H153B3BrN15O23. The zero-order valence-corrected chi connectivity index (χ0v) is 86.5. The van der Waals surface area contributed by atoms with E-state index >= 15 is 0 Å². The number of ether oxygens (including phenoxy) is 6. The first kappa shape index (κ1) is 125. The fraction of sp³-hybridized carbons (Fsp3) is 0.553. The topological polar surface area (TPSA) is 502 Å². The second-order valence-electron chi connectivity index (χ2n) is 35.8. The SMILES string of the molecule is CB(O)NC1CN2CCC1C2.CCOC(=O)/C=C/CNCc1ccccc1.CCOC(=O)C=CCBr.CCOC(=O)C[C@H]1CN(Cc2ccccc2)C[C@@H]1N.CCOC(=O)C[C@H]1CN(Cc2ccccc2)C[C@@H]1NCB=O.CCOC(=O)C[C@H]1CN(Cc2ccccc2)C[C@@H]1[N+](=O)[O-].NC1CN2CCC1C2.O=BCN[C@H]1CN(Cc2ccccc2)C[C@@H]1CCO.O=C(OCC[N+](=O)[O-])c1ccccc1.O=[N+]([O-])CCO. The quantitative estimate of drug-likeness (QED) is 0.00262. The number of fused-ring (bicyclic) bond motifs is 4. The Bertz CT molecular complexity index is 4680. The molecule has 0 saturated carbocycles. The number of nitrogens with zero attached hydrogens (tertiary/aromatic N) is 9. The maximum Gasteiger partial charge on any atom is 0.338 e. The molecule has 8 saturated heterocycles. The average molecular weight is 2080 g/mol. The number of alkyl halides is 1. The summed E-state index contributed by atoms with van der Waals surface area (Å²) in [6.45, 7) is 30.1. The van der Waals surface area contributed by atoms with E-state index in [-0.39, 0.29) is 111 Å². The molecule has 0 aliphatic carbocycles. The molecule has 4 bridgehead atoms. The fourth-order valence-electron chi connectivity index (χ4n) is 17.9. The maximum atomic E-state index is 11.7. The molecule has 794 valence electrons. The number of nitrogens with one attached hydrogen (secondary N) is 4. The number of halogens is 1. The molecular weight excluding hydrogens is 1930 g/mol. The molecule has 6 aromatic rings. The van der Waals surface area contributed by atoms with Crippen molar-refractivity contribution < 1.29 is 96.6 Å². The number of allylic oxidation sites excluding steroid dienone is 1. The van der Waals surface area contributed by atoms with Gasteiger partial charge in [0.05, 0.1) is 57.3 Å². The van der Waals surface area contributed by atoms with Crippen molar-refractivity contribution in [1.29, 1.82) is 0 Å². The summed E-state index contributed by atoms with van der Waals surface area (Å²) < 4.78 is 50.0. The van der Waals surface area contributed by atoms with Gasteiger partial charge < -0.3 is 65.6 Å². The van der Waals surface area contributed by atoms with Crippen molar-refractivity contribution in [2.24, 2.45) is 47.0 Å². The van der Waals surface area contributed by atoms with Crippen LogP contribution in [0.15, 0.2) is 206 Å². The maximum absolute atomic E-state index is 11.7. The Kier molecular flexibility index (Phi) is 64.8. The smallest absolute Gasteiger partial charge is 0.338 e. The van der Waals surface area contributed by atoms with Gasteiger partial charge in [0.2, 0.25) is 19.1 Å². The van der Waals surface area contributed by atoms with Gasteiger partial charge in [-0.3, -0.25) is 49.7 Å². The van der Waals surface area contributed by atoms with Crippen molar-refractivity contribution in [3.8, 4) is 0 Å². The number of piperidine rings is 2. The van der Waals surface area contributed by atoms with Crippen LogP contribution < -0.4 is 32.6 Å². The first-order valence-corrected chi connectivity index (χ1v) is 51.2. The van der Waals surface area contributed by atoms with Crippen LogP contribution in [0, 0.1) is 65.9 Å². The summed E-state index contributed by atoms with van der Waals surface area (Å²) in [7, 11) is 1.41. The Morgan fingerprint density at radius 1 is 0.462 bits per heavy atom. The van der Waals surface area contributed by atoms with E-state index in [9.17, 15) is 68.5 Å². The molecule has 42 heteroatoms. The van der Waals surface area contributed by atoms with Crippen LogP contribution in [0.2, 0.25) is 6.82 Å². The molecule has 0 aromatic heterocycles. The molecule has 11 N–H and O–H groups in total. The van der Waals surface area contributed by atoms with E-state index in [0.29, 0.717) is 120 Å². The summed E-state index contributed by atoms with van der Waals surface area (Å²) in [6, 6.07) is 60.2. The number of hydrogen-bond donors (Lipinski definition) is 9. The van der Waals surface area contributed by atoms with Gasteiger partial charge in [0.1, 0.15) is 6.61 Å². The Balaban J connectivity index is 0.000000289. The second-order valence-corrected chi connectivity index (χ2v) is 36.5. The van der Waals surface area contributed by atoms with E-state index in [4.69, 9.17) is 45.7 Å². The van der Waals surface area contributed by atoms with E-state index < -0.39 is 21.9 Å². The Hall–Kier alpha value is -10.5. The van der Waals surface area contributed by atoms with Gasteiger partial charge in [-0.1, -0.05) is 137 Å². The summed E-state index contributed by atoms with van der Waals surface area (Å²) in [4.78, 5) is 110. The van der Waals surface area contributed by atoms with Crippen LogP contribution in [0.5, 0.6) is 0 Å². The zero-order valence-electron chi connectivity index (χ0n) is 84.9. The van der Waals surface area contributed by atoms with Crippen LogP contribution in [-0.2, 0) is 94.5 Å². The van der Waals surface area contributed by atoms with Gasteiger partial charge in [-0.2, -0.15) is 0 Å². The molecule has 14 rings (SSSR count). The minimum Gasteiger partial charge on any atom is -0.455 e. The van der Waals surface area contributed by atoms with E-state index in [1.54, 1.807) is 70.1 Å². The van der Waals surface area contributed by atoms with Crippen molar-refractivity contribution in [1.82, 2.24) is 50.6 Å². The molecule has 0 amide bonds. The Labute approximate surface area is 863 Å². The molecule has 6 unspecified atom stereocenters. The summed E-state index contributed by atoms with van der Waals surface area (Å²) in [6.07, 6.45) is 11.4. The standard InChI is InChI=1S/C16H23BN2O3.C15H20N2O4.C15H22N2O2.C14H21BN2O2.C13H17NO2.C9H9NO4.C7H15BN2O.C6H9BrO2.C6H12N2.C2H5NO3/c1-2-22-16(20)8-14-10-19(11-15(14)18-12-17-21)9-13-6-4-3-5-7-13;1-2-21-15(18)8-13-10-16(11-14(13)17(19)20)9-12-6-4-3-5-7-12;1-2-19-15(18)8-13-10-17(11-14(13)16)9-12-6-4-3-5-7-12;18-7-6-13-9-17(10-14(13)16-11-15-19)8-12-4-2-1-3-5-12;1-2-16-13(15)9-6-10-14-11-12-7-4-3-5-8-12;11-9(14-7-6-10(12)13)8-4-2-1-3-5-8;1-8(11)9-7-5-10-3-2-6(7)4-10;1-2-9-6(8)4-3-5-7;7-6-4-8-2-1-5(6)3-8;4-2-1-3(5)6/h3-7,14-15,18H,2,8-12H2,1H3;3-7,13-14H,2,8-11H2,1H3;3-7,13-14H,2,8-11,16H2,1H3;1-5,13-14,16,18H,6-11H2;3-9,14H,2,10-11H2,1H3;1-5H,6-7H2;6-7,9,11H,2-5H2,1H3;3-4H,2,5H2,1H3;5-6H,1-4,7H2;4H,1-2H2/b;;;;9-6+;;;;;/t14-,15-;3*13-,14-;;;;;;/m0000....../s1. The number of nitrogens with two attached hydrogens (primary N) is 2. The fourth-order valence-corrected chi connectivity index (χ4v) is 18.0. The number of esters is 6. The third-order valence-electron chi connectivity index (χ3n) is 24.6. The molecule has 0 radical (unpaired) electrons. The van der Waals surface area contributed by atoms with Gasteiger partial charge in [-0.15, -0.1) is 0 Å². The first-order valence-electron chi connectivity index (χ1n) is 50.1. The van der Waals surface area contributed by atoms with E-state index in [2.05, 4.69) is 132 Å². The summed E-state index contributed by atoms with van der Waals surface area (Å²) in [5.74, 6) is 0.433. The van der Waals surface area contributed by atoms with Gasteiger partial charge in [0.15, 0.2) is 6.61 Å². The van der Waals surface area contributed by atoms with E-state index in [1.807, 2.05) is 110 Å². The van der Waals surface area contributed by atoms with Crippen LogP contribution in [-0.4, -0.2) is 335 Å². The number of aliphatic hydroxyl groups excluding tert-OH is 2. The van der Waals surface area contributed by atoms with E-state index in [1.165, 1.54) is 73.4 Å². The van der Waals surface area contributed by atoms with Gasteiger partial charge in [0, 0.05) is 122 Å². The van der Waals surface area contributed by atoms with Crippen LogP contribution >= 0.6 is 15.9 Å². The molecule has 6 aromatic carbocycles. The third kappa shape index (κ3) is 54.1. The molecule has 145 heavy (non-hydrogen) atoms. The van der Waals surface area contributed by atoms with Crippen molar-refractivity contribution in [3.63, 3.8) is 0 Å². The molecule has 8 fully saturated rings. The second kappa shape index (κ2) is 75.2. The number of carbonyl (C=O) groups excluding carboxylic acids is 6. The summed E-state index contributed by atoms with van der Waals surface area (Å²) >= 11 is 3.13. The predicted octanol–water partition coefficient (Wildman–Crippen LogP) is 7.43. The molecule has 14 atom stereocenters. The number of likely N-dealkylation sites (tertiary alicyclic amines) is 4. The summed E-state index contributed by atoms with van der Waals surface area (Å²) in [5, 5.41) is 70.0. The van der Waals surface area contributed by atoms with Crippen LogP contribution in [0.25, 0.3) is 0 Å². The van der Waals surface area contributed by atoms with Gasteiger partial charge >= 0.3 is 282 Å². The first-order chi connectivity index (χ1) is 70.1. The predicted molar refractivity (Wildman–Crippen MR) is 560 cm³/mol. The van der Waals surface area contributed by atoms with Crippen LogP contribution in [0.3, 0.4) is 0 Å². The Morgan fingerprint density at radius 2 is 0.862 bits per heavy atom. The third-order valence-corrected chi connectivity index (χ3v) is 24.9. The molecule has 0 spiro atoms. The molecule has 8 aliphatic rings. The normalized spacial score (nSPS) is 21.7. The van der Waals surface area contributed by atoms with Crippen LogP contribution in [0.1, 0.15) is 111 Å². The number of aliphatic hydroxyl groups is 2. The van der Waals surface area contributed by atoms with Crippen molar-refractivity contribution >= 4 is 73.1 Å². The minimum absolute atomic E-state index is 0.0631. The average Bonchev–Trinajstić information content (AvgIpc) is 1.68. The van der Waals surface area contributed by atoms with E-state index in [0.717, 1.165) is 117 Å². The van der Waals surface area contributed by atoms with Crippen molar-refractivity contribution in [2.75, 3.05) is 182 Å². The Morgan fingerprint density at radius 3 is 1.24 bits per heavy atom. The summed E-state index contributed by atoms with van der Waals surface area (Å²) in [5.41, 5.74) is 18.5. The number of rotatable bonds is 43. The molecule has 8 aliphatic heterocycles. The number of hydrogen-bond acceptors (Lipinski definition) is 35.